The van der Waals surface area contributed by atoms with Crippen molar-refractivity contribution in [2.75, 3.05) is 7.11 Å². The summed E-state index contributed by atoms with van der Waals surface area (Å²) in [4.78, 5) is 21.6. The zero-order valence-corrected chi connectivity index (χ0v) is 8.46. The number of carbonyl (C=O) groups is 2. The van der Waals surface area contributed by atoms with E-state index in [1.165, 1.54) is 0 Å². The Morgan fingerprint density at radius 3 is 2.14 bits per heavy atom. The fourth-order valence-corrected chi connectivity index (χ4v) is 1.49. The Kier molecular flexibility index (Phi) is 3.02. The number of rotatable bonds is 3. The molecule has 0 N–H and O–H groups in total. The van der Waals surface area contributed by atoms with Crippen molar-refractivity contribution in [1.29, 1.82) is 0 Å². The molecule has 0 aliphatic rings. The lowest BCUT2D eigenvalue weighted by molar-refractivity contribution is -0.104. The summed E-state index contributed by atoms with van der Waals surface area (Å²) in [7, 11) is 1.56. The number of carbonyl (C=O) groups excluding carboxylic acids is 2. The summed E-state index contributed by atoms with van der Waals surface area (Å²) in [5, 5.41) is 0. The second-order valence-corrected chi connectivity index (χ2v) is 3.12. The highest BCUT2D eigenvalue weighted by Crippen LogP contribution is 2.21. The molecule has 1 aromatic carbocycles. The van der Waals surface area contributed by atoms with Crippen LogP contribution in [-0.2, 0) is 4.79 Å². The Morgan fingerprint density at radius 2 is 1.79 bits per heavy atom. The Balaban J connectivity index is 3.31. The Bertz CT molecular complexity index is 357. The molecule has 0 unspecified atom stereocenters. The van der Waals surface area contributed by atoms with E-state index in [4.69, 9.17) is 4.74 Å². The van der Waals surface area contributed by atoms with E-state index in [1.807, 2.05) is 0 Å². The van der Waals surface area contributed by atoms with Crippen molar-refractivity contribution in [3.8, 4) is 5.75 Å². The van der Waals surface area contributed by atoms with Gasteiger partial charge >= 0.3 is 0 Å². The van der Waals surface area contributed by atoms with E-state index in [-0.39, 0.29) is 0 Å². The maximum atomic E-state index is 11.2. The van der Waals surface area contributed by atoms with Gasteiger partial charge in [0.2, 0.25) is 5.78 Å². The van der Waals surface area contributed by atoms with E-state index in [1.54, 1.807) is 33.1 Å². The lowest BCUT2D eigenvalue weighted by Crippen LogP contribution is -2.05. The maximum absolute atomic E-state index is 11.2. The molecule has 1 aromatic rings. The van der Waals surface area contributed by atoms with Crippen molar-refractivity contribution in [2.45, 2.75) is 13.8 Å². The van der Waals surface area contributed by atoms with Gasteiger partial charge in [-0.15, -0.1) is 0 Å². The van der Waals surface area contributed by atoms with Crippen molar-refractivity contribution in [3.63, 3.8) is 0 Å². The molecule has 0 fully saturated rings. The lowest BCUT2D eigenvalue weighted by Gasteiger charge is -2.08. The molecule has 0 spiro atoms. The lowest BCUT2D eigenvalue weighted by atomic mass is 9.99. The van der Waals surface area contributed by atoms with E-state index >= 15 is 0 Å². The molecule has 0 amide bonds. The van der Waals surface area contributed by atoms with Crippen molar-refractivity contribution in [1.82, 2.24) is 0 Å². The molecule has 3 heteroatoms. The Hall–Kier alpha value is -1.64. The van der Waals surface area contributed by atoms with Crippen LogP contribution in [-0.4, -0.2) is 19.2 Å². The van der Waals surface area contributed by atoms with Crippen LogP contribution in [0, 0.1) is 13.8 Å². The molecule has 0 aromatic heterocycles. The number of hydrogen-bond donors (Lipinski definition) is 0. The van der Waals surface area contributed by atoms with E-state index in [0.29, 0.717) is 17.6 Å². The highest BCUT2D eigenvalue weighted by molar-refractivity contribution is 6.34. The summed E-state index contributed by atoms with van der Waals surface area (Å²) in [6.07, 6.45) is 0.335. The summed E-state index contributed by atoms with van der Waals surface area (Å²) in [5.74, 6) is 0.213. The van der Waals surface area contributed by atoms with Gasteiger partial charge in [-0.05, 0) is 37.1 Å². The highest BCUT2D eigenvalue weighted by atomic mass is 16.5. The Labute approximate surface area is 82.7 Å². The largest absolute Gasteiger partial charge is 0.497 e. The number of aryl methyl sites for hydroxylation is 2. The molecule has 0 aliphatic carbocycles. The first kappa shape index (κ1) is 10.4. The number of methoxy groups -OCH3 is 1. The van der Waals surface area contributed by atoms with Gasteiger partial charge in [-0.2, -0.15) is 0 Å². The molecule has 0 bridgehead atoms. The third-order valence-electron chi connectivity index (χ3n) is 2.10. The van der Waals surface area contributed by atoms with Crippen LogP contribution in [0.25, 0.3) is 0 Å². The van der Waals surface area contributed by atoms with Crippen molar-refractivity contribution >= 4 is 12.1 Å². The third-order valence-corrected chi connectivity index (χ3v) is 2.10. The van der Waals surface area contributed by atoms with Crippen LogP contribution in [0.2, 0.25) is 0 Å². The van der Waals surface area contributed by atoms with Crippen LogP contribution in [0.4, 0.5) is 0 Å². The highest BCUT2D eigenvalue weighted by Gasteiger charge is 2.12. The molecule has 3 nitrogen and oxygen atoms in total. The summed E-state index contributed by atoms with van der Waals surface area (Å²) >= 11 is 0. The molecule has 0 atom stereocenters. The topological polar surface area (TPSA) is 43.4 Å². The summed E-state index contributed by atoms with van der Waals surface area (Å²) in [6, 6.07) is 3.48. The van der Waals surface area contributed by atoms with E-state index in [0.717, 1.165) is 11.1 Å². The standard InChI is InChI=1S/C11H12O3/c1-7-4-9(14-3)5-8(2)11(7)10(13)6-12/h4-6H,1-3H3. The van der Waals surface area contributed by atoms with Gasteiger partial charge in [0.15, 0.2) is 6.29 Å². The van der Waals surface area contributed by atoms with Gasteiger partial charge in [0.25, 0.3) is 0 Å². The average molecular weight is 192 g/mol. The first-order valence-corrected chi connectivity index (χ1v) is 4.25. The predicted molar refractivity (Wildman–Crippen MR) is 52.9 cm³/mol. The molecule has 0 saturated carbocycles. The molecule has 0 saturated heterocycles. The number of ketones is 1. The number of benzene rings is 1. The minimum Gasteiger partial charge on any atom is -0.497 e. The van der Waals surface area contributed by atoms with Crippen molar-refractivity contribution < 1.29 is 14.3 Å². The summed E-state index contributed by atoms with van der Waals surface area (Å²) in [5.41, 5.74) is 2.00. The van der Waals surface area contributed by atoms with Crippen LogP contribution in [0.1, 0.15) is 21.5 Å². The molecular formula is C11H12O3. The zero-order valence-electron chi connectivity index (χ0n) is 8.46. The zero-order chi connectivity index (χ0) is 10.7. The molecule has 74 valence electrons. The average Bonchev–Trinajstić information content (AvgIpc) is 2.16. The van der Waals surface area contributed by atoms with Crippen LogP contribution in [0.5, 0.6) is 5.75 Å². The maximum Gasteiger partial charge on any atom is 0.225 e. The number of hydrogen-bond acceptors (Lipinski definition) is 3. The van der Waals surface area contributed by atoms with Gasteiger partial charge < -0.3 is 4.74 Å². The molecule has 14 heavy (non-hydrogen) atoms. The number of ether oxygens (including phenoxy) is 1. The summed E-state index contributed by atoms with van der Waals surface area (Å²) < 4.78 is 5.04. The third kappa shape index (κ3) is 1.82. The van der Waals surface area contributed by atoms with E-state index in [9.17, 15) is 9.59 Å². The first-order chi connectivity index (χ1) is 6.60. The van der Waals surface area contributed by atoms with Crippen molar-refractivity contribution in [3.05, 3.63) is 28.8 Å². The van der Waals surface area contributed by atoms with Crippen LogP contribution >= 0.6 is 0 Å². The Morgan fingerprint density at radius 1 is 1.29 bits per heavy atom. The molecule has 0 aliphatic heterocycles. The number of Topliss-reactive ketones (excluding diaryl/α,β-unsaturated/α-hetero) is 1. The fraction of sp³-hybridized carbons (Fsp3) is 0.273. The van der Waals surface area contributed by atoms with Gasteiger partial charge in [0, 0.05) is 5.56 Å². The monoisotopic (exact) mass is 192 g/mol. The van der Waals surface area contributed by atoms with E-state index in [2.05, 4.69) is 0 Å². The van der Waals surface area contributed by atoms with Crippen molar-refractivity contribution in [2.24, 2.45) is 0 Å². The smallest absolute Gasteiger partial charge is 0.225 e. The van der Waals surface area contributed by atoms with Gasteiger partial charge in [-0.3, -0.25) is 9.59 Å². The second kappa shape index (κ2) is 4.05. The fourth-order valence-electron chi connectivity index (χ4n) is 1.49. The van der Waals surface area contributed by atoms with Gasteiger partial charge in [0.05, 0.1) is 7.11 Å². The minimum absolute atomic E-state index is 0.335. The van der Waals surface area contributed by atoms with Crippen LogP contribution < -0.4 is 4.74 Å². The SMILES string of the molecule is COc1cc(C)c(C(=O)C=O)c(C)c1. The molecular weight excluding hydrogens is 180 g/mol. The minimum atomic E-state index is -0.484. The van der Waals surface area contributed by atoms with E-state index < -0.39 is 5.78 Å². The molecule has 1 rings (SSSR count). The molecule has 0 heterocycles. The second-order valence-electron chi connectivity index (χ2n) is 3.12. The first-order valence-electron chi connectivity index (χ1n) is 4.25. The predicted octanol–water partition coefficient (Wildman–Crippen LogP) is 1.69. The molecule has 0 radical (unpaired) electrons. The van der Waals surface area contributed by atoms with Gasteiger partial charge in [0.1, 0.15) is 5.75 Å². The van der Waals surface area contributed by atoms with Gasteiger partial charge in [-0.25, -0.2) is 0 Å². The number of aldehydes is 1. The normalized spacial score (nSPS) is 9.64. The quantitative estimate of drug-likeness (QED) is 0.416. The van der Waals surface area contributed by atoms with Crippen LogP contribution in [0.15, 0.2) is 12.1 Å². The van der Waals surface area contributed by atoms with Crippen LogP contribution in [0.3, 0.4) is 0 Å². The summed E-state index contributed by atoms with van der Waals surface area (Å²) in [6.45, 7) is 3.57. The van der Waals surface area contributed by atoms with Gasteiger partial charge in [-0.1, -0.05) is 0 Å².